The highest BCUT2D eigenvalue weighted by atomic mass is 79.9. The maximum absolute atomic E-state index is 5.34. The number of rotatable bonds is 3. The zero-order chi connectivity index (χ0) is 8.97. The third kappa shape index (κ3) is 2.99. The molecule has 0 heterocycles. The summed E-state index contributed by atoms with van der Waals surface area (Å²) in [7, 11) is 0. The summed E-state index contributed by atoms with van der Waals surface area (Å²) in [6.07, 6.45) is 1.72. The third-order valence-corrected chi connectivity index (χ3v) is 2.12. The van der Waals surface area contributed by atoms with Crippen LogP contribution in [0.1, 0.15) is 0 Å². The molecule has 0 fully saturated rings. The van der Waals surface area contributed by atoms with Gasteiger partial charge in [0.15, 0.2) is 0 Å². The fraction of sp³-hybridized carbons (Fsp3) is 0.111. The highest BCUT2D eigenvalue weighted by Gasteiger charge is 1.96. The van der Waals surface area contributed by atoms with Crippen molar-refractivity contribution in [3.8, 4) is 5.75 Å². The Morgan fingerprint density at radius 3 is 2.33 bits per heavy atom. The summed E-state index contributed by atoms with van der Waals surface area (Å²) < 4.78 is 7.33. The minimum absolute atomic E-state index is 0.531. The minimum Gasteiger partial charge on any atom is -0.489 e. The van der Waals surface area contributed by atoms with E-state index in [-0.39, 0.29) is 0 Å². The summed E-state index contributed by atoms with van der Waals surface area (Å²) >= 11 is 6.74. The lowest BCUT2D eigenvalue weighted by Gasteiger charge is -2.03. The first-order chi connectivity index (χ1) is 5.72. The van der Waals surface area contributed by atoms with Gasteiger partial charge in [0.2, 0.25) is 0 Å². The lowest BCUT2D eigenvalue weighted by molar-refractivity contribution is 0.363. The average Bonchev–Trinajstić information content (AvgIpc) is 1.99. The zero-order valence-corrected chi connectivity index (χ0v) is 9.56. The Bertz CT molecular complexity index is 264. The second-order valence-electron chi connectivity index (χ2n) is 2.20. The second-order valence-corrected chi connectivity index (χ2v) is 4.04. The zero-order valence-electron chi connectivity index (χ0n) is 6.39. The topological polar surface area (TPSA) is 9.23 Å². The van der Waals surface area contributed by atoms with Crippen LogP contribution < -0.4 is 4.74 Å². The summed E-state index contributed by atoms with van der Waals surface area (Å²) in [5, 5.41) is 0. The van der Waals surface area contributed by atoms with Crippen LogP contribution in [0.3, 0.4) is 0 Å². The maximum atomic E-state index is 5.34. The molecule has 0 aliphatic rings. The first-order valence-corrected chi connectivity index (χ1v) is 5.01. The van der Waals surface area contributed by atoms with E-state index >= 15 is 0 Å². The lowest BCUT2D eigenvalue weighted by atomic mass is 10.3. The van der Waals surface area contributed by atoms with Gasteiger partial charge >= 0.3 is 0 Å². The van der Waals surface area contributed by atoms with Crippen molar-refractivity contribution >= 4 is 31.9 Å². The Labute approximate surface area is 88.7 Å². The Kier molecular flexibility index (Phi) is 3.82. The molecule has 0 aliphatic carbocycles. The van der Waals surface area contributed by atoms with Crippen LogP contribution in [0, 0.1) is 0 Å². The molecule has 0 saturated heterocycles. The number of ether oxygens (including phenoxy) is 1. The fourth-order valence-corrected chi connectivity index (χ4v) is 2.02. The average molecular weight is 292 g/mol. The molecule has 12 heavy (non-hydrogen) atoms. The molecule has 1 aromatic rings. The van der Waals surface area contributed by atoms with Gasteiger partial charge < -0.3 is 4.74 Å². The van der Waals surface area contributed by atoms with E-state index in [9.17, 15) is 0 Å². The molecule has 0 N–H and O–H groups in total. The van der Waals surface area contributed by atoms with Gasteiger partial charge in [0, 0.05) is 8.95 Å². The first kappa shape index (κ1) is 9.81. The molecule has 0 unspecified atom stereocenters. The molecular weight excluding hydrogens is 284 g/mol. The second kappa shape index (κ2) is 4.67. The van der Waals surface area contributed by atoms with Gasteiger partial charge in [0.1, 0.15) is 12.4 Å². The molecule has 0 amide bonds. The van der Waals surface area contributed by atoms with Crippen LogP contribution in [0.15, 0.2) is 39.8 Å². The van der Waals surface area contributed by atoms with E-state index in [2.05, 4.69) is 38.4 Å². The van der Waals surface area contributed by atoms with Crippen molar-refractivity contribution in [3.63, 3.8) is 0 Å². The molecule has 3 heteroatoms. The van der Waals surface area contributed by atoms with Crippen LogP contribution >= 0.6 is 31.9 Å². The maximum Gasteiger partial charge on any atom is 0.122 e. The van der Waals surface area contributed by atoms with Gasteiger partial charge in [0.25, 0.3) is 0 Å². The van der Waals surface area contributed by atoms with Crippen molar-refractivity contribution in [2.24, 2.45) is 0 Å². The summed E-state index contributed by atoms with van der Waals surface area (Å²) in [5.41, 5.74) is 0. The standard InChI is InChI=1S/C9H8Br2O/c1-2-3-12-9-5-7(10)4-8(11)6-9/h2,4-6H,1,3H2. The summed E-state index contributed by atoms with van der Waals surface area (Å²) in [4.78, 5) is 0. The number of halogens is 2. The molecule has 0 saturated carbocycles. The quantitative estimate of drug-likeness (QED) is 0.770. The Hall–Kier alpha value is -0.280. The minimum atomic E-state index is 0.531. The SMILES string of the molecule is C=CCOc1cc(Br)cc(Br)c1. The molecule has 0 atom stereocenters. The molecule has 0 radical (unpaired) electrons. The Morgan fingerprint density at radius 1 is 1.25 bits per heavy atom. The lowest BCUT2D eigenvalue weighted by Crippen LogP contribution is -1.92. The van der Waals surface area contributed by atoms with Crippen LogP contribution in [0.2, 0.25) is 0 Å². The fourth-order valence-electron chi connectivity index (χ4n) is 0.767. The van der Waals surface area contributed by atoms with Crippen LogP contribution in [0.25, 0.3) is 0 Å². The van der Waals surface area contributed by atoms with E-state index in [1.165, 1.54) is 0 Å². The normalized spacial score (nSPS) is 9.50. The van der Waals surface area contributed by atoms with E-state index in [1.807, 2.05) is 18.2 Å². The molecule has 0 aromatic heterocycles. The van der Waals surface area contributed by atoms with Crippen molar-refractivity contribution in [3.05, 3.63) is 39.8 Å². The first-order valence-electron chi connectivity index (χ1n) is 3.42. The highest BCUT2D eigenvalue weighted by Crippen LogP contribution is 2.24. The molecule has 1 aromatic carbocycles. The summed E-state index contributed by atoms with van der Waals surface area (Å²) in [5.74, 6) is 0.830. The van der Waals surface area contributed by atoms with Crippen LogP contribution in [0.4, 0.5) is 0 Å². The van der Waals surface area contributed by atoms with E-state index in [4.69, 9.17) is 4.74 Å². The van der Waals surface area contributed by atoms with Crippen molar-refractivity contribution in [1.82, 2.24) is 0 Å². The third-order valence-electron chi connectivity index (χ3n) is 1.20. The van der Waals surface area contributed by atoms with Crippen LogP contribution in [-0.2, 0) is 0 Å². The van der Waals surface area contributed by atoms with Crippen molar-refractivity contribution < 1.29 is 4.74 Å². The number of hydrogen-bond donors (Lipinski definition) is 0. The highest BCUT2D eigenvalue weighted by molar-refractivity contribution is 9.11. The van der Waals surface area contributed by atoms with Gasteiger partial charge in [-0.2, -0.15) is 0 Å². The van der Waals surface area contributed by atoms with E-state index in [0.29, 0.717) is 6.61 Å². The molecule has 0 aliphatic heterocycles. The van der Waals surface area contributed by atoms with Crippen molar-refractivity contribution in [2.45, 2.75) is 0 Å². The Morgan fingerprint density at radius 2 is 1.83 bits per heavy atom. The van der Waals surface area contributed by atoms with E-state index < -0.39 is 0 Å². The largest absolute Gasteiger partial charge is 0.489 e. The van der Waals surface area contributed by atoms with Crippen molar-refractivity contribution in [1.29, 1.82) is 0 Å². The number of benzene rings is 1. The van der Waals surface area contributed by atoms with Gasteiger partial charge in [-0.25, -0.2) is 0 Å². The predicted octanol–water partition coefficient (Wildman–Crippen LogP) is 3.78. The molecule has 0 spiro atoms. The predicted molar refractivity (Wildman–Crippen MR) is 57.5 cm³/mol. The molecule has 1 rings (SSSR count). The van der Waals surface area contributed by atoms with Gasteiger partial charge in [-0.3, -0.25) is 0 Å². The van der Waals surface area contributed by atoms with Crippen molar-refractivity contribution in [2.75, 3.05) is 6.61 Å². The van der Waals surface area contributed by atoms with Gasteiger partial charge in [-0.05, 0) is 18.2 Å². The van der Waals surface area contributed by atoms with Gasteiger partial charge in [-0.1, -0.05) is 44.5 Å². The molecule has 1 nitrogen and oxygen atoms in total. The monoisotopic (exact) mass is 290 g/mol. The molecule has 0 bridgehead atoms. The molecule has 64 valence electrons. The summed E-state index contributed by atoms with van der Waals surface area (Å²) in [6, 6.07) is 5.78. The van der Waals surface area contributed by atoms with E-state index in [0.717, 1.165) is 14.7 Å². The number of hydrogen-bond acceptors (Lipinski definition) is 1. The smallest absolute Gasteiger partial charge is 0.122 e. The van der Waals surface area contributed by atoms with Crippen LogP contribution in [0.5, 0.6) is 5.75 Å². The molecular formula is C9H8Br2O. The van der Waals surface area contributed by atoms with Crippen LogP contribution in [-0.4, -0.2) is 6.61 Å². The van der Waals surface area contributed by atoms with E-state index in [1.54, 1.807) is 6.08 Å². The Balaban J connectivity index is 2.78. The van der Waals surface area contributed by atoms with Gasteiger partial charge in [0.05, 0.1) is 0 Å². The summed E-state index contributed by atoms with van der Waals surface area (Å²) in [6.45, 7) is 4.10. The van der Waals surface area contributed by atoms with Gasteiger partial charge in [-0.15, -0.1) is 0 Å².